The molecule has 6 aromatic heterocycles. The summed E-state index contributed by atoms with van der Waals surface area (Å²) < 4.78 is 7.47. The highest BCUT2D eigenvalue weighted by molar-refractivity contribution is 5.85. The summed E-state index contributed by atoms with van der Waals surface area (Å²) in [5, 5.41) is 21.6. The van der Waals surface area contributed by atoms with Gasteiger partial charge in [-0.25, -0.2) is 9.97 Å². The van der Waals surface area contributed by atoms with Crippen LogP contribution in [0, 0.1) is 6.92 Å². The minimum Gasteiger partial charge on any atom is -0.350 e. The number of carbonyl (C=O) groups excluding carboxylic acids is 2. The van der Waals surface area contributed by atoms with Crippen molar-refractivity contribution in [1.29, 1.82) is 0 Å². The van der Waals surface area contributed by atoms with Crippen LogP contribution in [0.25, 0.3) is 33.7 Å². The molecule has 3 aliphatic carbocycles. The molecule has 1 fully saturated rings. The maximum absolute atomic E-state index is 12.7. The van der Waals surface area contributed by atoms with Crippen molar-refractivity contribution < 1.29 is 9.59 Å². The van der Waals surface area contributed by atoms with Crippen LogP contribution in [0.5, 0.6) is 0 Å². The Morgan fingerprint density at radius 1 is 0.661 bits per heavy atom. The molecule has 0 atom stereocenters. The van der Waals surface area contributed by atoms with Crippen molar-refractivity contribution in [3.63, 3.8) is 0 Å². The first-order chi connectivity index (χ1) is 28.6. The quantitative estimate of drug-likeness (QED) is 0.251. The van der Waals surface area contributed by atoms with Gasteiger partial charge in [0, 0.05) is 124 Å². The number of nitrogens with one attached hydrogen (secondary N) is 1. The Hall–Kier alpha value is -6.58. The number of aromatic nitrogens is 12. The highest BCUT2D eigenvalue weighted by Crippen LogP contribution is 2.45. The van der Waals surface area contributed by atoms with Crippen molar-refractivity contribution in [2.45, 2.75) is 90.4 Å². The Morgan fingerprint density at radius 2 is 1.25 bits per heavy atom. The number of rotatable bonds is 1. The Labute approximate surface area is 341 Å². The Morgan fingerprint density at radius 3 is 1.93 bits per heavy atom. The van der Waals surface area contributed by atoms with Gasteiger partial charge in [0.2, 0.25) is 11.8 Å². The second kappa shape index (κ2) is 14.7. The van der Waals surface area contributed by atoms with Crippen LogP contribution in [0.3, 0.4) is 0 Å². The molecular formula is C43H46N14O2. The van der Waals surface area contributed by atoms with Crippen molar-refractivity contribution in [2.75, 3.05) is 7.05 Å². The fraction of sp³-hybridized carbons (Fsp3) is 0.395. The van der Waals surface area contributed by atoms with E-state index in [9.17, 15) is 9.59 Å². The van der Waals surface area contributed by atoms with Gasteiger partial charge in [0.1, 0.15) is 0 Å². The van der Waals surface area contributed by atoms with E-state index in [1.165, 1.54) is 24.1 Å². The number of fused-ring (bicyclic) bond motifs is 12. The SMILES string of the molecule is CN1Cc2nn(C)cc2-c2cnc3c(n2)C(=CC3)c2cn(nc2C2CC2)CCCC1=O.Cc1nn2cc1C1=CCc3ncc(nc31)-c1cn(C)nc1CNC(=O)CCC2. The van der Waals surface area contributed by atoms with Crippen LogP contribution in [-0.4, -0.2) is 82.8 Å². The average molecular weight is 791 g/mol. The maximum atomic E-state index is 12.7. The van der Waals surface area contributed by atoms with Gasteiger partial charge in [-0.1, -0.05) is 12.2 Å². The van der Waals surface area contributed by atoms with E-state index in [1.54, 1.807) is 20.5 Å². The van der Waals surface area contributed by atoms with Gasteiger partial charge in [0.25, 0.3) is 0 Å². The highest BCUT2D eigenvalue weighted by Gasteiger charge is 2.33. The largest absolute Gasteiger partial charge is 0.350 e. The molecule has 16 nitrogen and oxygen atoms in total. The highest BCUT2D eigenvalue weighted by atomic mass is 16.2. The summed E-state index contributed by atoms with van der Waals surface area (Å²) in [6.07, 6.45) is 22.5. The van der Waals surface area contributed by atoms with E-state index in [1.807, 2.05) is 56.0 Å². The predicted molar refractivity (Wildman–Crippen MR) is 218 cm³/mol. The average Bonchev–Trinajstić information content (AvgIpc) is 3.73. The van der Waals surface area contributed by atoms with Crippen molar-refractivity contribution in [3.05, 3.63) is 106 Å². The van der Waals surface area contributed by atoms with E-state index >= 15 is 0 Å². The standard InChI is InChI=1S/C23H25N7O.C20H21N7O/c1-28-13-20-17(11-29(2)26-20)19-10-24-18-8-7-15(23(18)25-19)16-12-30(9-3-4-21(28)31)27-22(16)14-5-6-14;1-12-14-11-27(24-12)7-3-4-19(28)22-9-18-15(10-26(2)25-18)17-8-21-16-6-5-13(14)20(16)23-17/h7,10-12,14H,3-6,8-9,13H2,1-2H3;5,8,10-11H,3-4,6-7,9H2,1-2H3,(H,22,28). The van der Waals surface area contributed by atoms with E-state index < -0.39 is 0 Å². The first-order valence-corrected chi connectivity index (χ1v) is 20.5. The minimum absolute atomic E-state index is 0.0133. The lowest BCUT2D eigenvalue weighted by Gasteiger charge is -2.17. The molecule has 8 heterocycles. The zero-order valence-corrected chi connectivity index (χ0v) is 33.8. The third-order valence-corrected chi connectivity index (χ3v) is 11.7. The van der Waals surface area contributed by atoms with E-state index in [2.05, 4.69) is 50.1 Å². The normalized spacial score (nSPS) is 17.3. The third-order valence-electron chi connectivity index (χ3n) is 11.7. The molecular weight excluding hydrogens is 745 g/mol. The summed E-state index contributed by atoms with van der Waals surface area (Å²) in [5.41, 5.74) is 15.5. The smallest absolute Gasteiger partial charge is 0.222 e. The molecule has 0 aromatic carbocycles. The van der Waals surface area contributed by atoms with Gasteiger partial charge in [0.05, 0.1) is 82.4 Å². The van der Waals surface area contributed by atoms with Crippen LogP contribution in [0.4, 0.5) is 0 Å². The number of hydrogen-bond donors (Lipinski definition) is 1. The number of nitrogens with zero attached hydrogens (tertiary/aromatic N) is 13. The molecule has 0 saturated heterocycles. The van der Waals surface area contributed by atoms with Crippen molar-refractivity contribution >= 4 is 23.0 Å². The molecule has 16 heteroatoms. The van der Waals surface area contributed by atoms with E-state index in [0.29, 0.717) is 38.4 Å². The van der Waals surface area contributed by atoms with E-state index in [4.69, 9.17) is 20.1 Å². The molecule has 2 aliphatic heterocycles. The number of aryl methyl sites for hydroxylation is 5. The number of hydrogen-bond acceptors (Lipinski definition) is 10. The van der Waals surface area contributed by atoms with Crippen LogP contribution < -0.4 is 5.32 Å². The zero-order valence-electron chi connectivity index (χ0n) is 33.8. The Balaban J connectivity index is 0.000000143. The molecule has 1 N–H and O–H groups in total. The first-order valence-electron chi connectivity index (χ1n) is 20.5. The van der Waals surface area contributed by atoms with Gasteiger partial charge in [-0.15, -0.1) is 0 Å². The third kappa shape index (κ3) is 7.05. The van der Waals surface area contributed by atoms with Crippen LogP contribution in [0.2, 0.25) is 0 Å². The maximum Gasteiger partial charge on any atom is 0.222 e. The fourth-order valence-electron chi connectivity index (χ4n) is 8.51. The zero-order chi connectivity index (χ0) is 40.4. The first kappa shape index (κ1) is 36.7. The summed E-state index contributed by atoms with van der Waals surface area (Å²) in [6, 6.07) is 0. The molecule has 0 radical (unpaired) electrons. The molecule has 300 valence electrons. The molecule has 0 spiro atoms. The summed E-state index contributed by atoms with van der Waals surface area (Å²) in [6.45, 7) is 4.28. The lowest BCUT2D eigenvalue weighted by Crippen LogP contribution is -2.26. The summed E-state index contributed by atoms with van der Waals surface area (Å²) in [5.74, 6) is 0.665. The molecule has 11 rings (SSSR count). The van der Waals surface area contributed by atoms with Crippen molar-refractivity contribution in [1.82, 2.24) is 69.3 Å². The van der Waals surface area contributed by atoms with Crippen LogP contribution in [0.15, 0.2) is 49.3 Å². The second-order valence-corrected chi connectivity index (χ2v) is 16.2. The minimum atomic E-state index is 0.0133. The van der Waals surface area contributed by atoms with Gasteiger partial charge in [-0.05, 0) is 32.6 Å². The molecule has 5 aliphatic rings. The second-order valence-electron chi connectivity index (χ2n) is 16.2. The summed E-state index contributed by atoms with van der Waals surface area (Å²) in [4.78, 5) is 46.1. The summed E-state index contributed by atoms with van der Waals surface area (Å²) in [7, 11) is 5.61. The molecule has 59 heavy (non-hydrogen) atoms. The molecule has 6 aromatic rings. The van der Waals surface area contributed by atoms with Gasteiger partial charge in [-0.3, -0.25) is 38.3 Å². The molecule has 2 amide bonds. The van der Waals surface area contributed by atoms with Gasteiger partial charge in [0.15, 0.2) is 0 Å². The molecule has 1 saturated carbocycles. The molecule has 8 bridgehead atoms. The van der Waals surface area contributed by atoms with Crippen LogP contribution in [-0.2, 0) is 62.7 Å². The number of allylic oxidation sites excluding steroid dienone is 2. The van der Waals surface area contributed by atoms with Crippen molar-refractivity contribution in [2.24, 2.45) is 14.1 Å². The number of carbonyl (C=O) groups is 2. The van der Waals surface area contributed by atoms with Gasteiger partial charge < -0.3 is 10.2 Å². The fourth-order valence-corrected chi connectivity index (χ4v) is 8.51. The summed E-state index contributed by atoms with van der Waals surface area (Å²) >= 11 is 0. The van der Waals surface area contributed by atoms with Crippen LogP contribution in [0.1, 0.15) is 101 Å². The van der Waals surface area contributed by atoms with Crippen LogP contribution >= 0.6 is 0 Å². The van der Waals surface area contributed by atoms with Crippen molar-refractivity contribution in [3.8, 4) is 22.5 Å². The Kier molecular flexibility index (Phi) is 9.13. The van der Waals surface area contributed by atoms with E-state index in [0.717, 1.165) is 111 Å². The lowest BCUT2D eigenvalue weighted by molar-refractivity contribution is -0.130. The van der Waals surface area contributed by atoms with E-state index in [-0.39, 0.29) is 11.8 Å². The van der Waals surface area contributed by atoms with Gasteiger partial charge in [-0.2, -0.15) is 20.4 Å². The lowest BCUT2D eigenvalue weighted by atomic mass is 10.0. The molecule has 0 unspecified atom stereocenters. The topological polar surface area (TPSA) is 172 Å². The van der Waals surface area contributed by atoms with Gasteiger partial charge >= 0.3 is 0 Å². The Bertz CT molecular complexity index is 2720. The monoisotopic (exact) mass is 790 g/mol. The number of amides is 2. The predicted octanol–water partition coefficient (Wildman–Crippen LogP) is 4.47.